The molecule has 0 aliphatic heterocycles. The third-order valence-electron chi connectivity index (χ3n) is 4.09. The van der Waals surface area contributed by atoms with Gasteiger partial charge in [0.1, 0.15) is 6.10 Å². The Morgan fingerprint density at radius 1 is 1.04 bits per heavy atom. The molecule has 0 aromatic heterocycles. The highest BCUT2D eigenvalue weighted by molar-refractivity contribution is 5.89. The van der Waals surface area contributed by atoms with Gasteiger partial charge < -0.3 is 4.74 Å². The van der Waals surface area contributed by atoms with E-state index in [2.05, 4.69) is 6.92 Å². The summed E-state index contributed by atoms with van der Waals surface area (Å²) < 4.78 is 5.68. The zero-order valence-electron chi connectivity index (χ0n) is 13.8. The van der Waals surface area contributed by atoms with Crippen LogP contribution >= 0.6 is 0 Å². The first-order chi connectivity index (χ1) is 11.6. The zero-order valence-corrected chi connectivity index (χ0v) is 13.8. The Labute approximate surface area is 141 Å². The van der Waals surface area contributed by atoms with Crippen LogP contribution in [0.15, 0.2) is 54.6 Å². The molecular weight excluding hydrogens is 306 g/mol. The van der Waals surface area contributed by atoms with Crippen LogP contribution < -0.4 is 0 Å². The number of hydrogen-bond acceptors (Lipinski definition) is 4. The van der Waals surface area contributed by atoms with E-state index in [0.29, 0.717) is 12.0 Å². The van der Waals surface area contributed by atoms with Crippen LogP contribution in [0.4, 0.5) is 5.69 Å². The van der Waals surface area contributed by atoms with E-state index in [1.165, 1.54) is 24.3 Å². The molecule has 2 aromatic carbocycles. The number of nitrogens with zero attached hydrogens (tertiary/aromatic N) is 1. The van der Waals surface area contributed by atoms with Crippen molar-refractivity contribution in [2.45, 2.75) is 38.7 Å². The highest BCUT2D eigenvalue weighted by Gasteiger charge is 2.24. The van der Waals surface area contributed by atoms with Crippen LogP contribution in [0.1, 0.15) is 48.5 Å². The minimum atomic E-state index is -0.494. The van der Waals surface area contributed by atoms with E-state index in [1.807, 2.05) is 37.3 Å². The molecule has 0 radical (unpaired) electrons. The Morgan fingerprint density at radius 2 is 1.67 bits per heavy atom. The molecule has 0 aliphatic rings. The van der Waals surface area contributed by atoms with Crippen LogP contribution in [0.25, 0.3) is 0 Å². The van der Waals surface area contributed by atoms with Gasteiger partial charge in [0.05, 0.1) is 10.5 Å². The molecule has 2 atom stereocenters. The minimum Gasteiger partial charge on any atom is -0.458 e. The summed E-state index contributed by atoms with van der Waals surface area (Å²) in [7, 11) is 0. The molecule has 5 nitrogen and oxygen atoms in total. The number of carbonyl (C=O) groups excluding carboxylic acids is 1. The van der Waals surface area contributed by atoms with Crippen LogP contribution in [0, 0.1) is 10.1 Å². The molecule has 0 unspecified atom stereocenters. The Kier molecular flexibility index (Phi) is 6.07. The quantitative estimate of drug-likeness (QED) is 0.419. The van der Waals surface area contributed by atoms with Crippen molar-refractivity contribution < 1.29 is 14.5 Å². The van der Waals surface area contributed by atoms with Gasteiger partial charge in [-0.15, -0.1) is 0 Å². The lowest BCUT2D eigenvalue weighted by Gasteiger charge is -2.25. The van der Waals surface area contributed by atoms with E-state index in [0.717, 1.165) is 12.0 Å². The first-order valence-corrected chi connectivity index (χ1v) is 8.07. The number of non-ortho nitro benzene ring substituents is 1. The van der Waals surface area contributed by atoms with Gasteiger partial charge in [-0.1, -0.05) is 44.2 Å². The van der Waals surface area contributed by atoms with Crippen molar-refractivity contribution in [1.29, 1.82) is 0 Å². The van der Waals surface area contributed by atoms with Gasteiger partial charge in [-0.2, -0.15) is 0 Å². The van der Waals surface area contributed by atoms with Gasteiger partial charge in [0.15, 0.2) is 0 Å². The summed E-state index contributed by atoms with van der Waals surface area (Å²) in [6.07, 6.45) is 1.32. The summed E-state index contributed by atoms with van der Waals surface area (Å²) in [5.74, 6) is -0.329. The number of nitro benzene ring substituents is 1. The van der Waals surface area contributed by atoms with E-state index in [4.69, 9.17) is 4.74 Å². The SMILES string of the molecule is CC[C@H](OC(=O)c1ccc([N+](=O)[O-])cc1)[C@H](CC)c1ccccc1. The Bertz CT molecular complexity index is 682. The highest BCUT2D eigenvalue weighted by atomic mass is 16.6. The monoisotopic (exact) mass is 327 g/mol. The molecule has 0 aliphatic carbocycles. The van der Waals surface area contributed by atoms with Gasteiger partial charge in [0, 0.05) is 18.1 Å². The average molecular weight is 327 g/mol. The van der Waals surface area contributed by atoms with Gasteiger partial charge in [-0.3, -0.25) is 10.1 Å². The number of hydrogen-bond donors (Lipinski definition) is 0. The average Bonchev–Trinajstić information content (AvgIpc) is 2.62. The molecule has 2 rings (SSSR count). The van der Waals surface area contributed by atoms with Crippen LogP contribution in [0.2, 0.25) is 0 Å². The molecule has 24 heavy (non-hydrogen) atoms. The molecule has 0 saturated heterocycles. The molecule has 0 saturated carbocycles. The summed E-state index contributed by atoms with van der Waals surface area (Å²) in [6.45, 7) is 4.05. The standard InChI is InChI=1S/C19H21NO4/c1-3-17(14-8-6-5-7-9-14)18(4-2)24-19(21)15-10-12-16(13-11-15)20(22)23/h5-13,17-18H,3-4H2,1-2H3/t17-,18+/m1/s1. The molecule has 5 heteroatoms. The van der Waals surface area contributed by atoms with E-state index in [1.54, 1.807) is 0 Å². The fourth-order valence-corrected chi connectivity index (χ4v) is 2.79. The Morgan fingerprint density at radius 3 is 2.17 bits per heavy atom. The molecule has 0 bridgehead atoms. The number of rotatable bonds is 7. The number of ether oxygens (including phenoxy) is 1. The van der Waals surface area contributed by atoms with E-state index < -0.39 is 10.9 Å². The van der Waals surface area contributed by atoms with Crippen molar-refractivity contribution in [3.8, 4) is 0 Å². The summed E-state index contributed by atoms with van der Waals surface area (Å²) in [5.41, 5.74) is 1.42. The van der Waals surface area contributed by atoms with Crippen molar-refractivity contribution in [1.82, 2.24) is 0 Å². The summed E-state index contributed by atoms with van der Waals surface area (Å²) in [5, 5.41) is 10.7. The van der Waals surface area contributed by atoms with Crippen molar-refractivity contribution >= 4 is 11.7 Å². The third-order valence-corrected chi connectivity index (χ3v) is 4.09. The molecule has 126 valence electrons. The zero-order chi connectivity index (χ0) is 17.5. The van der Waals surface area contributed by atoms with E-state index in [9.17, 15) is 14.9 Å². The van der Waals surface area contributed by atoms with Gasteiger partial charge in [-0.05, 0) is 30.5 Å². The fourth-order valence-electron chi connectivity index (χ4n) is 2.79. The van der Waals surface area contributed by atoms with Crippen molar-refractivity contribution in [3.63, 3.8) is 0 Å². The number of benzene rings is 2. The second-order valence-electron chi connectivity index (χ2n) is 5.58. The van der Waals surface area contributed by atoms with Crippen molar-refractivity contribution in [3.05, 3.63) is 75.8 Å². The van der Waals surface area contributed by atoms with Crippen LogP contribution in [-0.2, 0) is 4.74 Å². The Balaban J connectivity index is 2.13. The van der Waals surface area contributed by atoms with E-state index >= 15 is 0 Å². The molecule has 0 spiro atoms. The molecule has 0 amide bonds. The maximum absolute atomic E-state index is 12.4. The van der Waals surface area contributed by atoms with Gasteiger partial charge in [0.25, 0.3) is 5.69 Å². The maximum Gasteiger partial charge on any atom is 0.338 e. The number of esters is 1. The summed E-state index contributed by atoms with van der Waals surface area (Å²) >= 11 is 0. The van der Waals surface area contributed by atoms with E-state index in [-0.39, 0.29) is 17.7 Å². The second-order valence-corrected chi connectivity index (χ2v) is 5.58. The lowest BCUT2D eigenvalue weighted by Crippen LogP contribution is -2.25. The maximum atomic E-state index is 12.4. The van der Waals surface area contributed by atoms with Gasteiger partial charge >= 0.3 is 5.97 Å². The Hall–Kier alpha value is -2.69. The van der Waals surface area contributed by atoms with Gasteiger partial charge in [-0.25, -0.2) is 4.79 Å². The number of nitro groups is 1. The first kappa shape index (κ1) is 17.7. The topological polar surface area (TPSA) is 69.4 Å². The van der Waals surface area contributed by atoms with Crippen LogP contribution in [-0.4, -0.2) is 17.0 Å². The lowest BCUT2D eigenvalue weighted by atomic mass is 9.89. The third kappa shape index (κ3) is 4.19. The molecule has 0 heterocycles. The minimum absolute atomic E-state index is 0.0469. The van der Waals surface area contributed by atoms with Crippen LogP contribution in [0.5, 0.6) is 0 Å². The lowest BCUT2D eigenvalue weighted by molar-refractivity contribution is -0.384. The number of carbonyl (C=O) groups is 1. The van der Waals surface area contributed by atoms with Crippen molar-refractivity contribution in [2.75, 3.05) is 0 Å². The summed E-state index contributed by atoms with van der Waals surface area (Å²) in [6, 6.07) is 15.5. The van der Waals surface area contributed by atoms with Gasteiger partial charge in [0.2, 0.25) is 0 Å². The van der Waals surface area contributed by atoms with Crippen LogP contribution in [0.3, 0.4) is 0 Å². The smallest absolute Gasteiger partial charge is 0.338 e. The molecular formula is C19H21NO4. The largest absolute Gasteiger partial charge is 0.458 e. The predicted molar refractivity (Wildman–Crippen MR) is 92.1 cm³/mol. The van der Waals surface area contributed by atoms with Crippen molar-refractivity contribution in [2.24, 2.45) is 0 Å². The highest BCUT2D eigenvalue weighted by Crippen LogP contribution is 2.28. The summed E-state index contributed by atoms with van der Waals surface area (Å²) in [4.78, 5) is 22.5. The normalized spacial score (nSPS) is 13.1. The first-order valence-electron chi connectivity index (χ1n) is 8.07. The fraction of sp³-hybridized carbons (Fsp3) is 0.316. The second kappa shape index (κ2) is 8.24. The molecule has 0 N–H and O–H groups in total. The molecule has 2 aromatic rings. The predicted octanol–water partition coefficient (Wildman–Crippen LogP) is 4.72. The molecule has 0 fully saturated rings.